The van der Waals surface area contributed by atoms with Gasteiger partial charge in [-0.3, -0.25) is 4.79 Å². The minimum absolute atomic E-state index is 0.0259. The van der Waals surface area contributed by atoms with Crippen LogP contribution in [0.4, 0.5) is 11.4 Å². The molecule has 0 spiro atoms. The largest absolute Gasteiger partial charge is 0.387 e. The number of aliphatic imine (C=N–C) groups is 1. The fraction of sp³-hybridized carbons (Fsp3) is 0.273. The van der Waals surface area contributed by atoms with E-state index in [1.165, 1.54) is 0 Å². The molecule has 1 aliphatic rings. The molecule has 3 N–H and O–H groups in total. The van der Waals surface area contributed by atoms with Gasteiger partial charge in [-0.25, -0.2) is 4.99 Å². The number of carbonyl (C=O) groups excluding carboxylic acids is 1. The van der Waals surface area contributed by atoms with Crippen LogP contribution in [0.15, 0.2) is 23.2 Å². The highest BCUT2D eigenvalue weighted by atomic mass is 16.2. The number of amides is 1. The Morgan fingerprint density at radius 3 is 2.93 bits per heavy atom. The van der Waals surface area contributed by atoms with Crippen LogP contribution in [0.25, 0.3) is 0 Å². The van der Waals surface area contributed by atoms with Gasteiger partial charge in [-0.15, -0.1) is 0 Å². The SMILES string of the molecule is CCCC(N)=Nc1ccc2c(c1)NC2=O. The molecule has 0 aliphatic carbocycles. The van der Waals surface area contributed by atoms with Gasteiger partial charge in [0.25, 0.3) is 5.91 Å². The maximum Gasteiger partial charge on any atom is 0.257 e. The van der Waals surface area contributed by atoms with Crippen LogP contribution in [0.5, 0.6) is 0 Å². The van der Waals surface area contributed by atoms with Crippen molar-refractivity contribution in [3.8, 4) is 0 Å². The predicted octanol–water partition coefficient (Wildman–Crippen LogP) is 2.04. The molecule has 0 radical (unpaired) electrons. The third kappa shape index (κ3) is 1.83. The van der Waals surface area contributed by atoms with Crippen molar-refractivity contribution in [3.63, 3.8) is 0 Å². The van der Waals surface area contributed by atoms with Crippen molar-refractivity contribution >= 4 is 23.1 Å². The van der Waals surface area contributed by atoms with Crippen molar-refractivity contribution in [1.82, 2.24) is 0 Å². The molecular formula is C11H13N3O. The fourth-order valence-electron chi connectivity index (χ4n) is 1.51. The van der Waals surface area contributed by atoms with Crippen molar-refractivity contribution in [2.45, 2.75) is 19.8 Å². The summed E-state index contributed by atoms with van der Waals surface area (Å²) in [7, 11) is 0. The van der Waals surface area contributed by atoms with E-state index in [2.05, 4.69) is 17.2 Å². The quantitative estimate of drug-likeness (QED) is 0.583. The summed E-state index contributed by atoms with van der Waals surface area (Å²) in [4.78, 5) is 15.2. The maximum atomic E-state index is 11.0. The highest BCUT2D eigenvalue weighted by Crippen LogP contribution is 2.29. The van der Waals surface area contributed by atoms with Gasteiger partial charge in [-0.1, -0.05) is 6.92 Å². The van der Waals surface area contributed by atoms with Crippen LogP contribution in [0.2, 0.25) is 0 Å². The Kier molecular flexibility index (Phi) is 2.41. The molecule has 0 fully saturated rings. The summed E-state index contributed by atoms with van der Waals surface area (Å²) >= 11 is 0. The number of amidine groups is 1. The zero-order valence-electron chi connectivity index (χ0n) is 8.58. The number of hydrogen-bond acceptors (Lipinski definition) is 2. The molecule has 15 heavy (non-hydrogen) atoms. The van der Waals surface area contributed by atoms with Crippen LogP contribution in [0.3, 0.4) is 0 Å². The van der Waals surface area contributed by atoms with Crippen LogP contribution in [0.1, 0.15) is 30.1 Å². The average Bonchev–Trinajstić information content (AvgIpc) is 2.16. The molecule has 0 bridgehead atoms. The lowest BCUT2D eigenvalue weighted by Gasteiger charge is -2.18. The summed E-state index contributed by atoms with van der Waals surface area (Å²) in [6.07, 6.45) is 1.78. The molecule has 0 saturated heterocycles. The topological polar surface area (TPSA) is 67.5 Å². The van der Waals surface area contributed by atoms with Gasteiger partial charge >= 0.3 is 0 Å². The van der Waals surface area contributed by atoms with Gasteiger partial charge in [0.1, 0.15) is 0 Å². The van der Waals surface area contributed by atoms with Crippen molar-refractivity contribution in [3.05, 3.63) is 23.8 Å². The van der Waals surface area contributed by atoms with E-state index in [9.17, 15) is 4.79 Å². The Hall–Kier alpha value is -1.84. The number of rotatable bonds is 3. The number of carbonyl (C=O) groups is 1. The van der Waals surface area contributed by atoms with Crippen LogP contribution in [-0.4, -0.2) is 11.7 Å². The Bertz CT molecular complexity index is 437. The zero-order chi connectivity index (χ0) is 10.8. The summed E-state index contributed by atoms with van der Waals surface area (Å²) in [6, 6.07) is 5.41. The predicted molar refractivity (Wildman–Crippen MR) is 60.6 cm³/mol. The van der Waals surface area contributed by atoms with Gasteiger partial charge < -0.3 is 11.1 Å². The van der Waals surface area contributed by atoms with Gasteiger partial charge in [0.2, 0.25) is 0 Å². The van der Waals surface area contributed by atoms with E-state index in [1.54, 1.807) is 12.1 Å². The summed E-state index contributed by atoms with van der Waals surface area (Å²) < 4.78 is 0. The number of fused-ring (bicyclic) bond motifs is 1. The van der Waals surface area contributed by atoms with E-state index in [-0.39, 0.29) is 5.91 Å². The van der Waals surface area contributed by atoms with E-state index in [0.29, 0.717) is 5.84 Å². The maximum absolute atomic E-state index is 11.0. The Morgan fingerprint density at radius 1 is 1.53 bits per heavy atom. The first-order chi connectivity index (χ1) is 7.20. The van der Waals surface area contributed by atoms with Crippen molar-refractivity contribution in [1.29, 1.82) is 0 Å². The summed E-state index contributed by atoms with van der Waals surface area (Å²) in [6.45, 7) is 2.06. The van der Waals surface area contributed by atoms with E-state index < -0.39 is 0 Å². The molecule has 0 aromatic heterocycles. The minimum atomic E-state index is -0.0259. The molecule has 0 unspecified atom stereocenters. The third-order valence-electron chi connectivity index (χ3n) is 2.27. The highest BCUT2D eigenvalue weighted by Gasteiger charge is 2.21. The third-order valence-corrected chi connectivity index (χ3v) is 2.27. The normalized spacial score (nSPS) is 14.2. The smallest absolute Gasteiger partial charge is 0.257 e. The second kappa shape index (κ2) is 3.73. The molecule has 1 aromatic rings. The number of anilines is 1. The molecule has 1 heterocycles. The Morgan fingerprint density at radius 2 is 2.33 bits per heavy atom. The number of hydrogen-bond donors (Lipinski definition) is 2. The first-order valence-electron chi connectivity index (χ1n) is 4.99. The number of benzene rings is 1. The molecule has 1 aromatic carbocycles. The van der Waals surface area contributed by atoms with Crippen LogP contribution in [0, 0.1) is 0 Å². The second-order valence-corrected chi connectivity index (χ2v) is 3.54. The van der Waals surface area contributed by atoms with Gasteiger partial charge in [0.15, 0.2) is 0 Å². The first-order valence-corrected chi connectivity index (χ1v) is 4.99. The summed E-state index contributed by atoms with van der Waals surface area (Å²) in [5, 5.41) is 2.68. The summed E-state index contributed by atoms with van der Waals surface area (Å²) in [5.74, 6) is 0.602. The van der Waals surface area contributed by atoms with Crippen molar-refractivity contribution < 1.29 is 4.79 Å². The average molecular weight is 203 g/mol. The lowest BCUT2D eigenvalue weighted by atomic mass is 10.1. The lowest BCUT2D eigenvalue weighted by molar-refractivity contribution is 0.101. The molecule has 0 saturated carbocycles. The van der Waals surface area contributed by atoms with Crippen LogP contribution < -0.4 is 11.1 Å². The van der Waals surface area contributed by atoms with Crippen LogP contribution >= 0.6 is 0 Å². The first kappa shape index (κ1) is 9.71. The van der Waals surface area contributed by atoms with Crippen molar-refractivity contribution in [2.75, 3.05) is 5.32 Å². The van der Waals surface area contributed by atoms with E-state index in [4.69, 9.17) is 5.73 Å². The molecule has 4 nitrogen and oxygen atoms in total. The monoisotopic (exact) mass is 203 g/mol. The zero-order valence-corrected chi connectivity index (χ0v) is 8.58. The van der Waals surface area contributed by atoms with Crippen molar-refractivity contribution in [2.24, 2.45) is 10.7 Å². The van der Waals surface area contributed by atoms with Gasteiger partial charge in [-0.05, 0) is 24.6 Å². The molecule has 4 heteroatoms. The van der Waals surface area contributed by atoms with Gasteiger partial charge in [-0.2, -0.15) is 0 Å². The molecule has 2 rings (SSSR count). The van der Waals surface area contributed by atoms with E-state index in [1.807, 2.05) is 6.07 Å². The number of nitrogens with zero attached hydrogens (tertiary/aromatic N) is 1. The molecule has 78 valence electrons. The second-order valence-electron chi connectivity index (χ2n) is 3.54. The molecule has 0 atom stereocenters. The summed E-state index contributed by atoms with van der Waals surface area (Å²) in [5.41, 5.74) is 8.07. The Balaban J connectivity index is 2.21. The highest BCUT2D eigenvalue weighted by molar-refractivity contribution is 6.18. The molecule has 1 amide bonds. The number of nitrogens with one attached hydrogen (secondary N) is 1. The standard InChI is InChI=1S/C11H13N3O/c1-2-3-10(12)13-7-4-5-8-9(6-7)14-11(8)15/h4-6H,2-3H2,1H3,(H2,12,13)(H,14,15). The van der Waals surface area contributed by atoms with E-state index >= 15 is 0 Å². The Labute approximate surface area is 88.2 Å². The molecule has 1 aliphatic heterocycles. The molecular weight excluding hydrogens is 190 g/mol. The minimum Gasteiger partial charge on any atom is -0.387 e. The van der Waals surface area contributed by atoms with Gasteiger partial charge in [0, 0.05) is 6.42 Å². The number of nitrogens with two attached hydrogens (primary N) is 1. The van der Waals surface area contributed by atoms with Crippen LogP contribution in [-0.2, 0) is 0 Å². The lowest BCUT2D eigenvalue weighted by Crippen LogP contribution is -2.24. The van der Waals surface area contributed by atoms with Gasteiger partial charge in [0.05, 0.1) is 22.8 Å². The van der Waals surface area contributed by atoms with E-state index in [0.717, 1.165) is 29.8 Å². The fourth-order valence-corrected chi connectivity index (χ4v) is 1.51.